The molecule has 0 aliphatic rings. The number of aryl methyl sites for hydroxylation is 2. The van der Waals surface area contributed by atoms with Gasteiger partial charge >= 0.3 is 0 Å². The minimum absolute atomic E-state index is 0.0731. The van der Waals surface area contributed by atoms with E-state index in [4.69, 9.17) is 22.1 Å². The summed E-state index contributed by atoms with van der Waals surface area (Å²) in [6.07, 6.45) is 1.42. The molecular formula is C20H18ClN3O3. The van der Waals surface area contributed by atoms with Crippen LogP contribution in [-0.2, 0) is 9.59 Å². The third kappa shape index (κ3) is 5.87. The molecule has 138 valence electrons. The molecule has 7 heteroatoms. The highest BCUT2D eigenvalue weighted by atomic mass is 35.5. The standard InChI is InChI=1S/C20H18ClN3O3/c1-12-5-13(2)7-16(6-12)24-20(26)15(10-22)8-14-3-4-18(17(21)9-14)27-11-19(23)25/h3-9H,11H2,1-2H3,(H2,23,25)(H,24,26). The molecule has 6 nitrogen and oxygen atoms in total. The number of anilines is 1. The first-order chi connectivity index (χ1) is 12.8. The molecule has 0 radical (unpaired) electrons. The number of hydrogen-bond donors (Lipinski definition) is 2. The van der Waals surface area contributed by atoms with E-state index in [1.807, 2.05) is 38.1 Å². The molecule has 0 aliphatic heterocycles. The number of carbonyl (C=O) groups is 2. The molecular weight excluding hydrogens is 366 g/mol. The summed E-state index contributed by atoms with van der Waals surface area (Å²) >= 11 is 6.09. The molecule has 2 aromatic rings. The Bertz CT molecular complexity index is 941. The van der Waals surface area contributed by atoms with E-state index in [1.54, 1.807) is 6.07 Å². The first kappa shape index (κ1) is 20.0. The number of ether oxygens (including phenoxy) is 1. The summed E-state index contributed by atoms with van der Waals surface area (Å²) in [5.74, 6) is -0.858. The highest BCUT2D eigenvalue weighted by Crippen LogP contribution is 2.26. The number of amides is 2. The maximum Gasteiger partial charge on any atom is 0.266 e. The average Bonchev–Trinajstić information content (AvgIpc) is 2.57. The fraction of sp³-hybridized carbons (Fsp3) is 0.150. The Hall–Kier alpha value is -3.30. The fourth-order valence-electron chi connectivity index (χ4n) is 2.43. The Balaban J connectivity index is 2.19. The Labute approximate surface area is 162 Å². The van der Waals surface area contributed by atoms with E-state index in [0.717, 1.165) is 11.1 Å². The van der Waals surface area contributed by atoms with Gasteiger partial charge in [-0.2, -0.15) is 5.26 Å². The van der Waals surface area contributed by atoms with Crippen LogP contribution in [0.2, 0.25) is 5.02 Å². The van der Waals surface area contributed by atoms with E-state index >= 15 is 0 Å². The molecule has 2 aromatic carbocycles. The van der Waals surface area contributed by atoms with E-state index < -0.39 is 11.8 Å². The van der Waals surface area contributed by atoms with Crippen LogP contribution in [0.1, 0.15) is 16.7 Å². The second-order valence-corrected chi connectivity index (χ2v) is 6.35. The lowest BCUT2D eigenvalue weighted by Crippen LogP contribution is -2.20. The molecule has 0 atom stereocenters. The number of halogens is 1. The van der Waals surface area contributed by atoms with Gasteiger partial charge in [0.05, 0.1) is 5.02 Å². The van der Waals surface area contributed by atoms with Crippen molar-refractivity contribution in [3.8, 4) is 11.8 Å². The van der Waals surface area contributed by atoms with Crippen molar-refractivity contribution >= 4 is 35.2 Å². The Morgan fingerprint density at radius 3 is 2.44 bits per heavy atom. The number of nitrogens with two attached hydrogens (primary N) is 1. The van der Waals surface area contributed by atoms with Gasteiger partial charge in [0.15, 0.2) is 6.61 Å². The van der Waals surface area contributed by atoms with Gasteiger partial charge < -0.3 is 15.8 Å². The Kier molecular flexibility index (Phi) is 6.58. The normalized spacial score (nSPS) is 10.8. The number of primary amides is 1. The van der Waals surface area contributed by atoms with Crippen molar-refractivity contribution in [1.82, 2.24) is 0 Å². The SMILES string of the molecule is Cc1cc(C)cc(NC(=O)C(C#N)=Cc2ccc(OCC(N)=O)c(Cl)c2)c1. The number of nitrogens with zero attached hydrogens (tertiary/aromatic N) is 1. The van der Waals surface area contributed by atoms with Gasteiger partial charge in [-0.15, -0.1) is 0 Å². The average molecular weight is 384 g/mol. The van der Waals surface area contributed by atoms with Crippen molar-refractivity contribution in [2.45, 2.75) is 13.8 Å². The number of hydrogen-bond acceptors (Lipinski definition) is 4. The number of rotatable bonds is 6. The van der Waals surface area contributed by atoms with E-state index in [9.17, 15) is 14.9 Å². The van der Waals surface area contributed by atoms with Crippen molar-refractivity contribution in [2.24, 2.45) is 5.73 Å². The van der Waals surface area contributed by atoms with Crippen molar-refractivity contribution in [2.75, 3.05) is 11.9 Å². The minimum atomic E-state index is -0.620. The van der Waals surface area contributed by atoms with Crippen LogP contribution in [0.3, 0.4) is 0 Å². The second kappa shape index (κ2) is 8.88. The third-order valence-corrected chi connectivity index (χ3v) is 3.78. The highest BCUT2D eigenvalue weighted by molar-refractivity contribution is 6.32. The summed E-state index contributed by atoms with van der Waals surface area (Å²) in [5.41, 5.74) is 8.12. The topological polar surface area (TPSA) is 105 Å². The summed E-state index contributed by atoms with van der Waals surface area (Å²) in [6, 6.07) is 12.2. The molecule has 0 bridgehead atoms. The van der Waals surface area contributed by atoms with Crippen LogP contribution < -0.4 is 15.8 Å². The summed E-state index contributed by atoms with van der Waals surface area (Å²) in [7, 11) is 0. The van der Waals surface area contributed by atoms with E-state index in [1.165, 1.54) is 18.2 Å². The van der Waals surface area contributed by atoms with Crippen molar-refractivity contribution in [3.05, 3.63) is 63.7 Å². The predicted molar refractivity (Wildman–Crippen MR) is 104 cm³/mol. The van der Waals surface area contributed by atoms with Crippen molar-refractivity contribution < 1.29 is 14.3 Å². The lowest BCUT2D eigenvalue weighted by Gasteiger charge is -2.08. The maximum absolute atomic E-state index is 12.4. The largest absolute Gasteiger partial charge is 0.482 e. The molecule has 0 saturated heterocycles. The maximum atomic E-state index is 12.4. The zero-order valence-corrected chi connectivity index (χ0v) is 15.6. The van der Waals surface area contributed by atoms with Gasteiger partial charge in [0.25, 0.3) is 11.8 Å². The molecule has 0 aromatic heterocycles. The fourth-order valence-corrected chi connectivity index (χ4v) is 2.68. The molecule has 0 saturated carbocycles. The summed E-state index contributed by atoms with van der Waals surface area (Å²) in [6.45, 7) is 3.55. The Morgan fingerprint density at radius 1 is 1.22 bits per heavy atom. The molecule has 27 heavy (non-hydrogen) atoms. The highest BCUT2D eigenvalue weighted by Gasteiger charge is 2.11. The number of benzene rings is 2. The lowest BCUT2D eigenvalue weighted by atomic mass is 10.1. The molecule has 2 amide bonds. The van der Waals surface area contributed by atoms with Crippen LogP contribution >= 0.6 is 11.6 Å². The predicted octanol–water partition coefficient (Wildman–Crippen LogP) is 3.37. The van der Waals surface area contributed by atoms with Gasteiger partial charge in [-0.1, -0.05) is 23.7 Å². The van der Waals surface area contributed by atoms with Gasteiger partial charge in [-0.3, -0.25) is 9.59 Å². The van der Waals surface area contributed by atoms with Gasteiger partial charge in [-0.25, -0.2) is 0 Å². The Morgan fingerprint density at radius 2 is 1.89 bits per heavy atom. The zero-order valence-electron chi connectivity index (χ0n) is 14.9. The first-order valence-corrected chi connectivity index (χ1v) is 8.38. The van der Waals surface area contributed by atoms with Crippen LogP contribution in [0.4, 0.5) is 5.69 Å². The van der Waals surface area contributed by atoms with E-state index in [2.05, 4.69) is 5.32 Å². The van der Waals surface area contributed by atoms with Gasteiger partial charge in [0, 0.05) is 5.69 Å². The van der Waals surface area contributed by atoms with E-state index in [0.29, 0.717) is 11.3 Å². The molecule has 0 heterocycles. The number of nitrogens with one attached hydrogen (secondary N) is 1. The first-order valence-electron chi connectivity index (χ1n) is 8.00. The van der Waals surface area contributed by atoms with Gasteiger partial charge in [0.2, 0.25) is 0 Å². The molecule has 0 aliphatic carbocycles. The molecule has 0 spiro atoms. The summed E-state index contributed by atoms with van der Waals surface area (Å²) < 4.78 is 5.16. The molecule has 2 rings (SSSR count). The second-order valence-electron chi connectivity index (χ2n) is 5.95. The van der Waals surface area contributed by atoms with Crippen LogP contribution in [0.25, 0.3) is 6.08 Å². The molecule has 0 unspecified atom stereocenters. The van der Waals surface area contributed by atoms with Crippen molar-refractivity contribution in [3.63, 3.8) is 0 Å². The molecule has 3 N–H and O–H groups in total. The zero-order chi connectivity index (χ0) is 20.0. The van der Waals surface area contributed by atoms with Crippen LogP contribution in [0, 0.1) is 25.2 Å². The summed E-state index contributed by atoms with van der Waals surface area (Å²) in [5, 5.41) is 12.3. The lowest BCUT2D eigenvalue weighted by molar-refractivity contribution is -0.120. The molecule has 0 fully saturated rings. The minimum Gasteiger partial charge on any atom is -0.482 e. The van der Waals surface area contributed by atoms with Gasteiger partial charge in [-0.05, 0) is 60.9 Å². The smallest absolute Gasteiger partial charge is 0.266 e. The summed E-state index contributed by atoms with van der Waals surface area (Å²) in [4.78, 5) is 23.2. The third-order valence-electron chi connectivity index (χ3n) is 3.48. The monoisotopic (exact) mass is 383 g/mol. The quantitative estimate of drug-likeness (QED) is 0.589. The van der Waals surface area contributed by atoms with Crippen LogP contribution in [0.5, 0.6) is 5.75 Å². The van der Waals surface area contributed by atoms with Crippen molar-refractivity contribution in [1.29, 1.82) is 5.26 Å². The van der Waals surface area contributed by atoms with E-state index in [-0.39, 0.29) is 23.0 Å². The van der Waals surface area contributed by atoms with Crippen LogP contribution in [-0.4, -0.2) is 18.4 Å². The van der Waals surface area contributed by atoms with Gasteiger partial charge in [0.1, 0.15) is 17.4 Å². The number of nitriles is 1. The van der Waals surface area contributed by atoms with Crippen LogP contribution in [0.15, 0.2) is 42.0 Å². The number of carbonyl (C=O) groups excluding carboxylic acids is 2.